The third-order valence-electron chi connectivity index (χ3n) is 0.776. The molecule has 1 heterocycles. The molecule has 1 radical (unpaired) electrons. The summed E-state index contributed by atoms with van der Waals surface area (Å²) >= 11 is 0. The first-order valence-electron chi connectivity index (χ1n) is 2.37. The van der Waals surface area contributed by atoms with Crippen LogP contribution in [0.4, 0.5) is 0 Å². The Kier molecular flexibility index (Phi) is 1.75. The van der Waals surface area contributed by atoms with Gasteiger partial charge in [0.15, 0.2) is 0 Å². The first-order chi connectivity index (χ1) is 4.43. The highest BCUT2D eigenvalue weighted by atomic mass is 15.5. The smallest absolute Gasteiger partial charge is 0.149 e. The van der Waals surface area contributed by atoms with Crippen molar-refractivity contribution in [3.63, 3.8) is 0 Å². The van der Waals surface area contributed by atoms with Crippen molar-refractivity contribution in [2.24, 2.45) is 0 Å². The Hall–Kier alpha value is -1.44. The van der Waals surface area contributed by atoms with Crippen molar-refractivity contribution in [3.8, 4) is 6.07 Å². The Morgan fingerprint density at radius 3 is 3.22 bits per heavy atom. The second kappa shape index (κ2) is 2.77. The van der Waals surface area contributed by atoms with Crippen LogP contribution in [0.15, 0.2) is 0 Å². The molecule has 9 heavy (non-hydrogen) atoms. The highest BCUT2D eigenvalue weighted by Gasteiger charge is 1.93. The lowest BCUT2D eigenvalue weighted by atomic mass is 10.3. The summed E-state index contributed by atoms with van der Waals surface area (Å²) < 4.78 is 0. The molecule has 5 heteroatoms. The van der Waals surface area contributed by atoms with Crippen LogP contribution in [-0.4, -0.2) is 20.6 Å². The van der Waals surface area contributed by atoms with Gasteiger partial charge in [-0.25, -0.2) is 5.10 Å². The molecule has 0 bridgehead atoms. The zero-order chi connectivity index (χ0) is 6.53. The molecule has 0 saturated carbocycles. The molecule has 5 nitrogen and oxygen atoms in total. The van der Waals surface area contributed by atoms with E-state index in [0.29, 0.717) is 12.2 Å². The zero-order valence-electron chi connectivity index (χ0n) is 4.57. The average Bonchev–Trinajstić information content (AvgIpc) is 2.34. The van der Waals surface area contributed by atoms with Gasteiger partial charge < -0.3 is 0 Å². The van der Waals surface area contributed by atoms with Crippen molar-refractivity contribution in [2.75, 3.05) is 0 Å². The maximum absolute atomic E-state index is 8.08. The SMILES string of the molecule is N#C[CH]Cc1nnn[nH]1. The van der Waals surface area contributed by atoms with Crippen LogP contribution in [0.25, 0.3) is 0 Å². The van der Waals surface area contributed by atoms with Crippen LogP contribution in [0.3, 0.4) is 0 Å². The third-order valence-corrected chi connectivity index (χ3v) is 0.776. The first-order valence-corrected chi connectivity index (χ1v) is 2.37. The highest BCUT2D eigenvalue weighted by Crippen LogP contribution is 1.86. The quantitative estimate of drug-likeness (QED) is 0.571. The normalized spacial score (nSPS) is 8.78. The molecule has 0 unspecified atom stereocenters. The summed E-state index contributed by atoms with van der Waals surface area (Å²) in [6.07, 6.45) is 1.89. The number of hydrogen-bond donors (Lipinski definition) is 1. The lowest BCUT2D eigenvalue weighted by molar-refractivity contribution is 0.881. The van der Waals surface area contributed by atoms with E-state index in [-0.39, 0.29) is 0 Å². The molecule has 0 aromatic carbocycles. The molecule has 0 amide bonds. The van der Waals surface area contributed by atoms with Gasteiger partial charge in [0.25, 0.3) is 0 Å². The molecule has 45 valence electrons. The van der Waals surface area contributed by atoms with Crippen LogP contribution in [0.1, 0.15) is 5.82 Å². The van der Waals surface area contributed by atoms with Crippen molar-refractivity contribution in [1.29, 1.82) is 5.26 Å². The Labute approximate surface area is 51.7 Å². The Balaban J connectivity index is 2.41. The van der Waals surface area contributed by atoms with Gasteiger partial charge in [0, 0.05) is 6.42 Å². The molecule has 0 fully saturated rings. The maximum atomic E-state index is 8.08. The fourth-order valence-electron chi connectivity index (χ4n) is 0.408. The molecular weight excluding hydrogens is 118 g/mol. The van der Waals surface area contributed by atoms with Crippen molar-refractivity contribution in [2.45, 2.75) is 6.42 Å². The fourth-order valence-corrected chi connectivity index (χ4v) is 0.408. The second-order valence-electron chi connectivity index (χ2n) is 1.39. The van der Waals surface area contributed by atoms with Gasteiger partial charge in [0.2, 0.25) is 0 Å². The monoisotopic (exact) mass is 122 g/mol. The van der Waals surface area contributed by atoms with Gasteiger partial charge in [0.1, 0.15) is 5.82 Å². The van der Waals surface area contributed by atoms with E-state index in [4.69, 9.17) is 5.26 Å². The highest BCUT2D eigenvalue weighted by molar-refractivity contribution is 4.98. The molecule has 0 saturated heterocycles. The van der Waals surface area contributed by atoms with Gasteiger partial charge in [-0.05, 0) is 10.4 Å². The van der Waals surface area contributed by atoms with E-state index in [2.05, 4.69) is 20.6 Å². The minimum absolute atomic E-state index is 0.476. The third kappa shape index (κ3) is 1.49. The van der Waals surface area contributed by atoms with E-state index < -0.39 is 0 Å². The molecule has 0 aliphatic carbocycles. The zero-order valence-corrected chi connectivity index (χ0v) is 4.57. The summed E-state index contributed by atoms with van der Waals surface area (Å²) in [5.74, 6) is 0.608. The van der Waals surface area contributed by atoms with Gasteiger partial charge in [-0.2, -0.15) is 5.26 Å². The predicted molar refractivity (Wildman–Crippen MR) is 27.8 cm³/mol. The van der Waals surface area contributed by atoms with E-state index in [1.54, 1.807) is 0 Å². The van der Waals surface area contributed by atoms with Crippen LogP contribution < -0.4 is 0 Å². The molecule has 1 rings (SSSR count). The molecule has 0 spiro atoms. The Morgan fingerprint density at radius 2 is 2.67 bits per heavy atom. The number of nitriles is 1. The maximum Gasteiger partial charge on any atom is 0.149 e. The minimum atomic E-state index is 0.476. The van der Waals surface area contributed by atoms with Gasteiger partial charge in [-0.3, -0.25) is 0 Å². The fraction of sp³-hybridized carbons (Fsp3) is 0.250. The summed E-state index contributed by atoms with van der Waals surface area (Å²) in [4.78, 5) is 0. The predicted octanol–water partition coefficient (Wildman–Crippen LogP) is -0.530. The summed E-state index contributed by atoms with van der Waals surface area (Å²) in [6.45, 7) is 0. The number of rotatable bonds is 2. The van der Waals surface area contributed by atoms with E-state index in [1.807, 2.05) is 6.07 Å². The summed E-state index contributed by atoms with van der Waals surface area (Å²) in [6, 6.07) is 1.87. The van der Waals surface area contributed by atoms with Crippen molar-refractivity contribution >= 4 is 0 Å². The number of aromatic nitrogens is 4. The van der Waals surface area contributed by atoms with E-state index in [9.17, 15) is 0 Å². The van der Waals surface area contributed by atoms with Gasteiger partial charge >= 0.3 is 0 Å². The second-order valence-corrected chi connectivity index (χ2v) is 1.39. The van der Waals surface area contributed by atoms with Gasteiger partial charge in [-0.15, -0.1) is 5.10 Å². The molecule has 0 atom stereocenters. The van der Waals surface area contributed by atoms with Gasteiger partial charge in [-0.1, -0.05) is 0 Å². The molecular formula is C4H4N5. The number of nitrogens with one attached hydrogen (secondary N) is 1. The lowest BCUT2D eigenvalue weighted by Gasteiger charge is -1.80. The number of tetrazole rings is 1. The van der Waals surface area contributed by atoms with E-state index in [1.165, 1.54) is 6.42 Å². The summed E-state index contributed by atoms with van der Waals surface area (Å²) in [5.41, 5.74) is 0. The van der Waals surface area contributed by atoms with E-state index >= 15 is 0 Å². The number of H-pyrrole nitrogens is 1. The molecule has 1 aromatic heterocycles. The summed E-state index contributed by atoms with van der Waals surface area (Å²) in [5, 5.41) is 20.8. The van der Waals surface area contributed by atoms with Crippen molar-refractivity contribution < 1.29 is 0 Å². The molecule has 0 aliphatic rings. The topological polar surface area (TPSA) is 78.2 Å². The average molecular weight is 122 g/mol. The standard InChI is InChI=1S/C4H4N5/c5-3-1-2-4-6-8-9-7-4/h1H,2H2,(H,6,7,8,9). The van der Waals surface area contributed by atoms with Crippen LogP contribution in [0, 0.1) is 17.8 Å². The van der Waals surface area contributed by atoms with Crippen molar-refractivity contribution in [3.05, 3.63) is 12.2 Å². The molecule has 0 aliphatic heterocycles. The minimum Gasteiger partial charge on any atom is -0.243 e. The van der Waals surface area contributed by atoms with Crippen LogP contribution in [0.2, 0.25) is 0 Å². The largest absolute Gasteiger partial charge is 0.243 e. The number of aromatic amines is 1. The Bertz CT molecular complexity index is 195. The van der Waals surface area contributed by atoms with E-state index in [0.717, 1.165) is 0 Å². The Morgan fingerprint density at radius 1 is 1.78 bits per heavy atom. The molecule has 1 aromatic rings. The first kappa shape index (κ1) is 5.69. The summed E-state index contributed by atoms with van der Waals surface area (Å²) in [7, 11) is 0. The number of nitrogens with zero attached hydrogens (tertiary/aromatic N) is 4. The number of hydrogen-bond acceptors (Lipinski definition) is 4. The van der Waals surface area contributed by atoms with Crippen molar-refractivity contribution in [1.82, 2.24) is 20.6 Å². The van der Waals surface area contributed by atoms with Crippen LogP contribution in [-0.2, 0) is 6.42 Å². The lowest BCUT2D eigenvalue weighted by Crippen LogP contribution is -1.86. The van der Waals surface area contributed by atoms with Gasteiger partial charge in [0.05, 0.1) is 12.5 Å². The molecule has 1 N–H and O–H groups in total. The van der Waals surface area contributed by atoms with Crippen LogP contribution >= 0.6 is 0 Å². The van der Waals surface area contributed by atoms with Crippen LogP contribution in [0.5, 0.6) is 0 Å².